The Labute approximate surface area is 125 Å². The van der Waals surface area contributed by atoms with Gasteiger partial charge in [-0.1, -0.05) is 6.07 Å². The zero-order valence-corrected chi connectivity index (χ0v) is 12.5. The SMILES string of the molecule is O=C(O)c1ccc(N(CCO)S(=O)(=O)c2cccs2)cc1. The van der Waals surface area contributed by atoms with E-state index in [1.165, 1.54) is 30.3 Å². The molecule has 0 amide bonds. The fourth-order valence-electron chi connectivity index (χ4n) is 1.77. The van der Waals surface area contributed by atoms with Gasteiger partial charge in [0.15, 0.2) is 0 Å². The summed E-state index contributed by atoms with van der Waals surface area (Å²) in [7, 11) is -3.76. The number of carboxylic acid groups (broad SMARTS) is 1. The first-order chi connectivity index (χ1) is 9.96. The molecule has 0 aliphatic carbocycles. The first kappa shape index (κ1) is 15.5. The van der Waals surface area contributed by atoms with Crippen LogP contribution in [0.3, 0.4) is 0 Å². The zero-order chi connectivity index (χ0) is 15.5. The number of benzene rings is 1. The van der Waals surface area contributed by atoms with Crippen molar-refractivity contribution in [1.82, 2.24) is 0 Å². The molecule has 1 heterocycles. The van der Waals surface area contributed by atoms with E-state index in [9.17, 15) is 13.2 Å². The van der Waals surface area contributed by atoms with Crippen molar-refractivity contribution in [1.29, 1.82) is 0 Å². The minimum Gasteiger partial charge on any atom is -0.478 e. The Bertz CT molecular complexity index is 708. The summed E-state index contributed by atoms with van der Waals surface area (Å²) in [5, 5.41) is 19.6. The van der Waals surface area contributed by atoms with E-state index in [0.29, 0.717) is 5.69 Å². The van der Waals surface area contributed by atoms with E-state index in [1.54, 1.807) is 11.4 Å². The first-order valence-corrected chi connectivity index (χ1v) is 8.29. The normalized spacial score (nSPS) is 11.3. The summed E-state index contributed by atoms with van der Waals surface area (Å²) in [4.78, 5) is 10.8. The van der Waals surface area contributed by atoms with Crippen LogP contribution in [0.5, 0.6) is 0 Å². The number of aromatic carboxylic acids is 1. The Balaban J connectivity index is 2.41. The lowest BCUT2D eigenvalue weighted by molar-refractivity contribution is 0.0697. The molecule has 0 spiro atoms. The molecule has 0 radical (unpaired) electrons. The van der Waals surface area contributed by atoms with Crippen LogP contribution in [0.4, 0.5) is 5.69 Å². The number of anilines is 1. The van der Waals surface area contributed by atoms with Gasteiger partial charge in [-0.25, -0.2) is 13.2 Å². The lowest BCUT2D eigenvalue weighted by Crippen LogP contribution is -2.33. The van der Waals surface area contributed by atoms with Crippen LogP contribution < -0.4 is 4.31 Å². The third-order valence-corrected chi connectivity index (χ3v) is 5.95. The van der Waals surface area contributed by atoms with Crippen molar-refractivity contribution in [3.8, 4) is 0 Å². The third kappa shape index (κ3) is 3.23. The van der Waals surface area contributed by atoms with Crippen LogP contribution in [0.2, 0.25) is 0 Å². The largest absolute Gasteiger partial charge is 0.478 e. The molecule has 0 aliphatic heterocycles. The molecule has 2 aromatic rings. The van der Waals surface area contributed by atoms with Crippen LogP contribution in [0, 0.1) is 0 Å². The highest BCUT2D eigenvalue weighted by atomic mass is 32.2. The Kier molecular flexibility index (Phi) is 4.61. The smallest absolute Gasteiger partial charge is 0.335 e. The van der Waals surface area contributed by atoms with E-state index in [1.807, 2.05) is 0 Å². The van der Waals surface area contributed by atoms with E-state index >= 15 is 0 Å². The predicted molar refractivity (Wildman–Crippen MR) is 79.3 cm³/mol. The van der Waals surface area contributed by atoms with Crippen molar-refractivity contribution in [2.75, 3.05) is 17.5 Å². The van der Waals surface area contributed by atoms with Crippen LogP contribution in [0.25, 0.3) is 0 Å². The van der Waals surface area contributed by atoms with Crippen molar-refractivity contribution in [3.05, 3.63) is 47.3 Å². The van der Waals surface area contributed by atoms with Gasteiger partial charge in [-0.3, -0.25) is 4.31 Å². The Morgan fingerprint density at radius 3 is 2.33 bits per heavy atom. The highest BCUT2D eigenvalue weighted by Gasteiger charge is 2.25. The van der Waals surface area contributed by atoms with Crippen LogP contribution in [0.1, 0.15) is 10.4 Å². The van der Waals surface area contributed by atoms with Gasteiger partial charge in [0.05, 0.1) is 24.4 Å². The molecule has 112 valence electrons. The Hall–Kier alpha value is -1.90. The molecule has 2 rings (SSSR count). The van der Waals surface area contributed by atoms with Gasteiger partial charge in [-0.05, 0) is 35.7 Å². The van der Waals surface area contributed by atoms with Gasteiger partial charge in [0.1, 0.15) is 4.21 Å². The van der Waals surface area contributed by atoms with Crippen molar-refractivity contribution < 1.29 is 23.4 Å². The molecule has 0 unspecified atom stereocenters. The van der Waals surface area contributed by atoms with E-state index in [4.69, 9.17) is 10.2 Å². The van der Waals surface area contributed by atoms with Gasteiger partial charge in [0, 0.05) is 0 Å². The number of carboxylic acids is 1. The lowest BCUT2D eigenvalue weighted by atomic mass is 10.2. The third-order valence-electron chi connectivity index (χ3n) is 2.74. The molecule has 0 fully saturated rings. The Morgan fingerprint density at radius 1 is 1.19 bits per heavy atom. The van der Waals surface area contributed by atoms with E-state index in [0.717, 1.165) is 15.6 Å². The second-order valence-electron chi connectivity index (χ2n) is 4.08. The van der Waals surface area contributed by atoms with Crippen LogP contribution in [0.15, 0.2) is 46.0 Å². The van der Waals surface area contributed by atoms with E-state index in [2.05, 4.69) is 0 Å². The summed E-state index contributed by atoms with van der Waals surface area (Å²) < 4.78 is 26.2. The second-order valence-corrected chi connectivity index (χ2v) is 7.12. The molecular formula is C13H13NO5S2. The lowest BCUT2D eigenvalue weighted by Gasteiger charge is -2.22. The first-order valence-electron chi connectivity index (χ1n) is 5.97. The molecule has 0 saturated carbocycles. The molecule has 1 aromatic heterocycles. The van der Waals surface area contributed by atoms with Crippen molar-refractivity contribution in [2.45, 2.75) is 4.21 Å². The highest BCUT2D eigenvalue weighted by Crippen LogP contribution is 2.26. The number of rotatable bonds is 6. The molecule has 0 bridgehead atoms. The number of hydrogen-bond acceptors (Lipinski definition) is 5. The van der Waals surface area contributed by atoms with Crippen LogP contribution >= 0.6 is 11.3 Å². The zero-order valence-electron chi connectivity index (χ0n) is 10.8. The average molecular weight is 327 g/mol. The van der Waals surface area contributed by atoms with Crippen molar-refractivity contribution >= 4 is 33.0 Å². The summed E-state index contributed by atoms with van der Waals surface area (Å²) >= 11 is 1.08. The Morgan fingerprint density at radius 2 is 1.86 bits per heavy atom. The van der Waals surface area contributed by atoms with Gasteiger partial charge in [-0.2, -0.15) is 0 Å². The molecular weight excluding hydrogens is 314 g/mol. The topological polar surface area (TPSA) is 94.9 Å². The maximum Gasteiger partial charge on any atom is 0.335 e. The fourth-order valence-corrected chi connectivity index (χ4v) is 4.33. The molecule has 6 nitrogen and oxygen atoms in total. The van der Waals surface area contributed by atoms with E-state index < -0.39 is 16.0 Å². The van der Waals surface area contributed by atoms with Crippen molar-refractivity contribution in [3.63, 3.8) is 0 Å². The molecule has 8 heteroatoms. The molecule has 21 heavy (non-hydrogen) atoms. The van der Waals surface area contributed by atoms with Gasteiger partial charge in [-0.15, -0.1) is 11.3 Å². The van der Waals surface area contributed by atoms with E-state index in [-0.39, 0.29) is 22.9 Å². The minimum atomic E-state index is -3.76. The number of sulfonamides is 1. The van der Waals surface area contributed by atoms with Gasteiger partial charge >= 0.3 is 5.97 Å². The fraction of sp³-hybridized carbons (Fsp3) is 0.154. The number of nitrogens with zero attached hydrogens (tertiary/aromatic N) is 1. The molecule has 0 atom stereocenters. The number of carbonyl (C=O) groups is 1. The molecule has 1 aromatic carbocycles. The number of thiophene rings is 1. The molecule has 0 saturated heterocycles. The number of aliphatic hydroxyl groups is 1. The number of hydrogen-bond donors (Lipinski definition) is 2. The van der Waals surface area contributed by atoms with Crippen LogP contribution in [-0.4, -0.2) is 37.8 Å². The summed E-state index contributed by atoms with van der Waals surface area (Å²) in [5.41, 5.74) is 0.374. The second kappa shape index (κ2) is 6.25. The monoisotopic (exact) mass is 327 g/mol. The number of aliphatic hydroxyl groups excluding tert-OH is 1. The summed E-state index contributed by atoms with van der Waals surface area (Å²) in [6, 6.07) is 8.57. The van der Waals surface area contributed by atoms with Crippen LogP contribution in [-0.2, 0) is 10.0 Å². The quantitative estimate of drug-likeness (QED) is 0.841. The summed E-state index contributed by atoms with van der Waals surface area (Å²) in [5.74, 6) is -1.09. The van der Waals surface area contributed by atoms with Gasteiger partial charge in [0.25, 0.3) is 10.0 Å². The maximum absolute atomic E-state index is 12.5. The summed E-state index contributed by atoms with van der Waals surface area (Å²) in [6.45, 7) is -0.446. The molecule has 2 N–H and O–H groups in total. The maximum atomic E-state index is 12.5. The van der Waals surface area contributed by atoms with Gasteiger partial charge in [0.2, 0.25) is 0 Å². The van der Waals surface area contributed by atoms with Gasteiger partial charge < -0.3 is 10.2 Å². The standard InChI is InChI=1S/C13H13NO5S2/c15-8-7-14(21(18,19)12-2-1-9-20-12)11-5-3-10(4-6-11)13(16)17/h1-6,9,15H,7-8H2,(H,16,17). The average Bonchev–Trinajstić information content (AvgIpc) is 2.99. The summed E-state index contributed by atoms with van der Waals surface area (Å²) in [6.07, 6.45) is 0. The predicted octanol–water partition coefficient (Wildman–Crippen LogP) is 1.63. The van der Waals surface area contributed by atoms with Crippen molar-refractivity contribution in [2.24, 2.45) is 0 Å². The minimum absolute atomic E-state index is 0.0659. The highest BCUT2D eigenvalue weighted by molar-refractivity contribution is 7.94. The molecule has 0 aliphatic rings.